The Morgan fingerprint density at radius 1 is 1.25 bits per heavy atom. The standard InChI is InChI=1S/C11H18F3NO4S/c1-5-18-8(16)7(6-20-11(12,13)14)15-9(17)19-10(2,3)4/h7H,5-6H2,1-4H3,(H,15,17). The van der Waals surface area contributed by atoms with Crippen molar-refractivity contribution < 1.29 is 32.2 Å². The van der Waals surface area contributed by atoms with Gasteiger partial charge < -0.3 is 14.8 Å². The number of nitrogens with one attached hydrogen (secondary N) is 1. The fourth-order valence-corrected chi connectivity index (χ4v) is 1.61. The smallest absolute Gasteiger partial charge is 0.441 e. The summed E-state index contributed by atoms with van der Waals surface area (Å²) in [7, 11) is 0. The molecule has 0 aromatic carbocycles. The van der Waals surface area contributed by atoms with E-state index >= 15 is 0 Å². The third-order valence-electron chi connectivity index (χ3n) is 1.68. The van der Waals surface area contributed by atoms with Crippen molar-refractivity contribution in [3.8, 4) is 0 Å². The van der Waals surface area contributed by atoms with Crippen LogP contribution in [0.4, 0.5) is 18.0 Å². The molecule has 0 aliphatic heterocycles. The zero-order valence-electron chi connectivity index (χ0n) is 11.7. The van der Waals surface area contributed by atoms with Gasteiger partial charge in [-0.15, -0.1) is 0 Å². The lowest BCUT2D eigenvalue weighted by Gasteiger charge is -2.22. The van der Waals surface area contributed by atoms with Crippen molar-refractivity contribution in [3.63, 3.8) is 0 Å². The van der Waals surface area contributed by atoms with Crippen LogP contribution in [0.5, 0.6) is 0 Å². The van der Waals surface area contributed by atoms with Gasteiger partial charge in [-0.25, -0.2) is 9.59 Å². The lowest BCUT2D eigenvalue weighted by Crippen LogP contribution is -2.46. The van der Waals surface area contributed by atoms with Gasteiger partial charge in [-0.3, -0.25) is 0 Å². The van der Waals surface area contributed by atoms with E-state index < -0.39 is 46.7 Å². The molecule has 0 fully saturated rings. The maximum absolute atomic E-state index is 12.1. The van der Waals surface area contributed by atoms with Crippen LogP contribution >= 0.6 is 11.8 Å². The predicted molar refractivity (Wildman–Crippen MR) is 68.3 cm³/mol. The number of hydrogen-bond donors (Lipinski definition) is 1. The van der Waals surface area contributed by atoms with Gasteiger partial charge in [0, 0.05) is 5.75 Å². The normalized spacial score (nSPS) is 13.6. The van der Waals surface area contributed by atoms with E-state index in [4.69, 9.17) is 4.74 Å². The Bertz CT molecular complexity index is 342. The molecule has 1 unspecified atom stereocenters. The van der Waals surface area contributed by atoms with Crippen LogP contribution in [0.15, 0.2) is 0 Å². The summed E-state index contributed by atoms with van der Waals surface area (Å²) in [5.74, 6) is -1.61. The number of halogens is 3. The van der Waals surface area contributed by atoms with Gasteiger partial charge in [0.15, 0.2) is 0 Å². The van der Waals surface area contributed by atoms with E-state index in [0.29, 0.717) is 0 Å². The predicted octanol–water partition coefficient (Wildman–Crippen LogP) is 2.70. The van der Waals surface area contributed by atoms with Crippen LogP contribution in [0.3, 0.4) is 0 Å². The molecule has 20 heavy (non-hydrogen) atoms. The first-order chi connectivity index (χ1) is 8.94. The fraction of sp³-hybridized carbons (Fsp3) is 0.818. The van der Waals surface area contributed by atoms with Crippen LogP contribution < -0.4 is 5.32 Å². The van der Waals surface area contributed by atoms with Crippen LogP contribution in [-0.2, 0) is 14.3 Å². The SMILES string of the molecule is CCOC(=O)C(CSC(F)(F)F)NC(=O)OC(C)(C)C. The average Bonchev–Trinajstić information content (AvgIpc) is 2.20. The first-order valence-electron chi connectivity index (χ1n) is 5.81. The zero-order valence-corrected chi connectivity index (χ0v) is 12.5. The Morgan fingerprint density at radius 3 is 2.20 bits per heavy atom. The summed E-state index contributed by atoms with van der Waals surface area (Å²) in [6.07, 6.45) is -0.974. The van der Waals surface area contributed by atoms with E-state index in [1.54, 1.807) is 20.8 Å². The number of alkyl carbamates (subject to hydrolysis) is 1. The van der Waals surface area contributed by atoms with Crippen molar-refractivity contribution >= 4 is 23.8 Å². The summed E-state index contributed by atoms with van der Waals surface area (Å²) in [5, 5.41) is 2.07. The van der Waals surface area contributed by atoms with Gasteiger partial charge in [0.2, 0.25) is 0 Å². The van der Waals surface area contributed by atoms with Crippen LogP contribution in [0.25, 0.3) is 0 Å². The highest BCUT2D eigenvalue weighted by Crippen LogP contribution is 2.30. The van der Waals surface area contributed by atoms with Crippen molar-refractivity contribution in [2.24, 2.45) is 0 Å². The van der Waals surface area contributed by atoms with Crippen LogP contribution in [0, 0.1) is 0 Å². The van der Waals surface area contributed by atoms with E-state index in [9.17, 15) is 22.8 Å². The van der Waals surface area contributed by atoms with E-state index in [2.05, 4.69) is 10.1 Å². The first kappa shape index (κ1) is 18.9. The van der Waals surface area contributed by atoms with Crippen LogP contribution in [0.1, 0.15) is 27.7 Å². The third kappa shape index (κ3) is 9.76. The van der Waals surface area contributed by atoms with Crippen molar-refractivity contribution in [2.45, 2.75) is 44.8 Å². The summed E-state index contributed by atoms with van der Waals surface area (Å²) in [5.41, 5.74) is -5.32. The second-order valence-corrected chi connectivity index (χ2v) is 5.79. The van der Waals surface area contributed by atoms with Gasteiger partial charge in [0.25, 0.3) is 0 Å². The van der Waals surface area contributed by atoms with E-state index in [-0.39, 0.29) is 6.61 Å². The monoisotopic (exact) mass is 317 g/mol. The molecule has 0 spiro atoms. The third-order valence-corrected chi connectivity index (χ3v) is 2.50. The molecule has 0 saturated heterocycles. The molecule has 0 aromatic heterocycles. The molecule has 0 bridgehead atoms. The van der Waals surface area contributed by atoms with Gasteiger partial charge in [-0.05, 0) is 39.5 Å². The number of alkyl halides is 3. The first-order valence-corrected chi connectivity index (χ1v) is 6.80. The number of carbonyl (C=O) groups is 2. The molecule has 0 saturated carbocycles. The van der Waals surface area contributed by atoms with E-state index in [1.165, 1.54) is 6.92 Å². The molecule has 1 atom stereocenters. The zero-order chi connectivity index (χ0) is 16.0. The number of amides is 1. The molecular formula is C11H18F3NO4S. The number of rotatable bonds is 5. The molecule has 1 amide bonds. The molecule has 5 nitrogen and oxygen atoms in total. The maximum Gasteiger partial charge on any atom is 0.441 e. The number of carbonyl (C=O) groups excluding carboxylic acids is 2. The number of hydrogen-bond acceptors (Lipinski definition) is 5. The van der Waals surface area contributed by atoms with Crippen LogP contribution in [-0.4, -0.2) is 41.6 Å². The fourth-order valence-electron chi connectivity index (χ4n) is 1.04. The average molecular weight is 317 g/mol. The second kappa shape index (κ2) is 7.61. The van der Waals surface area contributed by atoms with Gasteiger partial charge in [-0.1, -0.05) is 0 Å². The Kier molecular flexibility index (Phi) is 7.18. The largest absolute Gasteiger partial charge is 0.464 e. The summed E-state index contributed by atoms with van der Waals surface area (Å²) in [4.78, 5) is 23.0. The molecule has 9 heteroatoms. The molecule has 1 N–H and O–H groups in total. The number of esters is 1. The molecule has 0 radical (unpaired) electrons. The lowest BCUT2D eigenvalue weighted by atomic mass is 10.2. The van der Waals surface area contributed by atoms with Crippen molar-refractivity contribution in [1.82, 2.24) is 5.32 Å². The summed E-state index contributed by atoms with van der Waals surface area (Å²) in [6, 6.07) is -1.42. The number of thioether (sulfide) groups is 1. The molecule has 0 aromatic rings. The van der Waals surface area contributed by atoms with Crippen molar-refractivity contribution in [1.29, 1.82) is 0 Å². The Labute approximate surface area is 119 Å². The highest BCUT2D eigenvalue weighted by Gasteiger charge is 2.33. The maximum atomic E-state index is 12.1. The van der Waals surface area contributed by atoms with Gasteiger partial charge in [0.1, 0.15) is 11.6 Å². The highest BCUT2D eigenvalue weighted by molar-refractivity contribution is 8.00. The quantitative estimate of drug-likeness (QED) is 0.790. The minimum absolute atomic E-state index is 0.00200. The van der Waals surface area contributed by atoms with Gasteiger partial charge in [0.05, 0.1) is 6.61 Å². The van der Waals surface area contributed by atoms with E-state index in [0.717, 1.165) is 0 Å². The molecular weight excluding hydrogens is 299 g/mol. The summed E-state index contributed by atoms with van der Waals surface area (Å²) < 4.78 is 45.9. The van der Waals surface area contributed by atoms with Gasteiger partial charge in [-0.2, -0.15) is 13.2 Å². The van der Waals surface area contributed by atoms with E-state index in [1.807, 2.05) is 0 Å². The van der Waals surface area contributed by atoms with Gasteiger partial charge >= 0.3 is 17.6 Å². The second-order valence-electron chi connectivity index (χ2n) is 4.71. The Balaban J connectivity index is 4.61. The topological polar surface area (TPSA) is 64.6 Å². The minimum atomic E-state index is -4.50. The van der Waals surface area contributed by atoms with Crippen molar-refractivity contribution in [3.05, 3.63) is 0 Å². The Hall–Kier alpha value is -1.12. The Morgan fingerprint density at radius 2 is 1.80 bits per heavy atom. The summed E-state index contributed by atoms with van der Waals surface area (Å²) >= 11 is -0.415. The lowest BCUT2D eigenvalue weighted by molar-refractivity contribution is -0.145. The summed E-state index contributed by atoms with van der Waals surface area (Å²) in [6.45, 7) is 6.30. The highest BCUT2D eigenvalue weighted by atomic mass is 32.2. The molecule has 0 heterocycles. The van der Waals surface area contributed by atoms with Crippen LogP contribution in [0.2, 0.25) is 0 Å². The molecule has 118 valence electrons. The number of ether oxygens (including phenoxy) is 2. The molecule has 0 rings (SSSR count). The van der Waals surface area contributed by atoms with Crippen molar-refractivity contribution in [2.75, 3.05) is 12.4 Å². The minimum Gasteiger partial charge on any atom is -0.464 e. The molecule has 0 aliphatic carbocycles. The molecule has 0 aliphatic rings.